The Labute approximate surface area is 208 Å². The summed E-state index contributed by atoms with van der Waals surface area (Å²) in [5.41, 5.74) is -0.696. The van der Waals surface area contributed by atoms with Gasteiger partial charge in [-0.15, -0.1) is 0 Å². The molecule has 0 atom stereocenters. The number of hydrogen-bond donors (Lipinski definition) is 1. The number of aliphatic hydroxyl groups excluding tert-OH is 1. The minimum absolute atomic E-state index is 0.0110. The lowest BCUT2D eigenvalue weighted by molar-refractivity contribution is -0.137. The summed E-state index contributed by atoms with van der Waals surface area (Å²) < 4.78 is 79.3. The Hall–Kier alpha value is -3.84. The molecule has 194 valence electrons. The van der Waals surface area contributed by atoms with Crippen molar-refractivity contribution in [3.8, 4) is 22.5 Å². The highest BCUT2D eigenvalue weighted by Crippen LogP contribution is 2.34. The Bertz CT molecular complexity index is 1600. The van der Waals surface area contributed by atoms with Gasteiger partial charge in [-0.3, -0.25) is 4.79 Å². The number of nitrogens with zero attached hydrogens (tertiary/aromatic N) is 4. The van der Waals surface area contributed by atoms with Gasteiger partial charge in [0.1, 0.15) is 5.82 Å². The van der Waals surface area contributed by atoms with E-state index >= 15 is 0 Å². The van der Waals surface area contributed by atoms with E-state index in [-0.39, 0.29) is 46.7 Å². The van der Waals surface area contributed by atoms with E-state index in [0.29, 0.717) is 23.6 Å². The van der Waals surface area contributed by atoms with E-state index < -0.39 is 33.5 Å². The molecule has 0 radical (unpaired) electrons. The van der Waals surface area contributed by atoms with Gasteiger partial charge in [-0.2, -0.15) is 13.2 Å². The van der Waals surface area contributed by atoms with Crippen molar-refractivity contribution in [1.29, 1.82) is 0 Å². The largest absolute Gasteiger partial charge is 0.416 e. The molecule has 1 amide bonds. The van der Waals surface area contributed by atoms with E-state index in [9.17, 15) is 30.8 Å². The van der Waals surface area contributed by atoms with Crippen molar-refractivity contribution in [2.24, 2.45) is 0 Å². The summed E-state index contributed by atoms with van der Waals surface area (Å²) in [6.07, 6.45) is -0.142. The van der Waals surface area contributed by atoms with Crippen LogP contribution >= 0.6 is 0 Å². The molecular weight excluding hydrogens is 516 g/mol. The monoisotopic (exact) mass is 536 g/mol. The van der Waals surface area contributed by atoms with Crippen molar-refractivity contribution >= 4 is 26.8 Å². The van der Waals surface area contributed by atoms with Crippen LogP contribution < -0.4 is 0 Å². The summed E-state index contributed by atoms with van der Waals surface area (Å²) in [6.45, 7) is -0.155. The molecule has 13 heteroatoms. The van der Waals surface area contributed by atoms with Crippen molar-refractivity contribution < 1.29 is 35.9 Å². The molecule has 0 unspecified atom stereocenters. The molecule has 8 nitrogen and oxygen atoms in total. The van der Waals surface area contributed by atoms with Crippen LogP contribution in [-0.4, -0.2) is 64.7 Å². The normalized spacial score (nSPS) is 12.2. The predicted octanol–water partition coefficient (Wildman–Crippen LogP) is 3.80. The average Bonchev–Trinajstić information content (AvgIpc) is 3.23. The maximum Gasteiger partial charge on any atom is 0.416 e. The number of carbonyl (C=O) groups excluding carboxylic acids is 1. The number of likely N-dealkylation sites (N-methyl/N-ethyl adjacent to an activating group) is 1. The van der Waals surface area contributed by atoms with Gasteiger partial charge in [-0.1, -0.05) is 0 Å². The number of amides is 1. The first kappa shape index (κ1) is 26.2. The number of rotatable bonds is 6. The molecule has 0 saturated heterocycles. The van der Waals surface area contributed by atoms with Crippen molar-refractivity contribution in [3.05, 3.63) is 71.9 Å². The lowest BCUT2D eigenvalue weighted by atomic mass is 10.0. The topological polar surface area (TPSA) is 105 Å². The maximum absolute atomic E-state index is 14.3. The maximum atomic E-state index is 14.3. The van der Waals surface area contributed by atoms with Crippen LogP contribution in [0.15, 0.2) is 55.0 Å². The second-order valence-electron chi connectivity index (χ2n) is 8.27. The Morgan fingerprint density at radius 3 is 2.35 bits per heavy atom. The average molecular weight is 537 g/mol. The molecule has 0 aliphatic rings. The summed E-state index contributed by atoms with van der Waals surface area (Å²) in [5, 5.41) is 9.43. The fourth-order valence-electron chi connectivity index (χ4n) is 3.79. The van der Waals surface area contributed by atoms with Crippen LogP contribution in [0.1, 0.15) is 15.9 Å². The minimum atomic E-state index is -4.67. The minimum Gasteiger partial charge on any atom is -0.395 e. The number of alkyl halides is 3. The lowest BCUT2D eigenvalue weighted by Gasteiger charge is -2.15. The molecule has 0 aliphatic carbocycles. The van der Waals surface area contributed by atoms with Crippen LogP contribution in [0.4, 0.5) is 17.6 Å². The molecule has 0 spiro atoms. The number of hydrogen-bond acceptors (Lipinski definition) is 6. The predicted molar refractivity (Wildman–Crippen MR) is 128 cm³/mol. The van der Waals surface area contributed by atoms with Crippen molar-refractivity contribution in [2.45, 2.75) is 6.18 Å². The molecule has 2 aromatic heterocycles. The highest BCUT2D eigenvalue weighted by Gasteiger charge is 2.31. The van der Waals surface area contributed by atoms with Crippen LogP contribution in [0, 0.1) is 5.82 Å². The molecule has 4 rings (SSSR count). The SMILES string of the molecule is CN(CCO)C(=O)c1ccc2c(c1)c(-c1ncc(-c3cc(C(F)(F)F)ccc3F)cn1)cn2S(C)(=O)=O. The summed E-state index contributed by atoms with van der Waals surface area (Å²) >= 11 is 0. The third-order valence-corrected chi connectivity index (χ3v) is 6.67. The highest BCUT2D eigenvalue weighted by atomic mass is 32.2. The first-order valence-corrected chi connectivity index (χ1v) is 12.6. The van der Waals surface area contributed by atoms with E-state index in [1.807, 2.05) is 0 Å². The molecule has 0 bridgehead atoms. The smallest absolute Gasteiger partial charge is 0.395 e. The highest BCUT2D eigenvalue weighted by molar-refractivity contribution is 7.89. The first-order valence-electron chi connectivity index (χ1n) is 10.7. The van der Waals surface area contributed by atoms with E-state index in [1.165, 1.54) is 36.3 Å². The Morgan fingerprint density at radius 2 is 1.76 bits per heavy atom. The van der Waals surface area contributed by atoms with Gasteiger partial charge in [0.25, 0.3) is 5.91 Å². The van der Waals surface area contributed by atoms with Gasteiger partial charge in [-0.25, -0.2) is 26.7 Å². The molecule has 0 fully saturated rings. The Kier molecular flexibility index (Phi) is 6.78. The standard InChI is InChI=1S/C24H20F4N4O4S/c1-31(7-8-33)23(34)14-3-6-21-18(9-14)19(13-32(21)37(2,35)36)22-29-11-15(12-30-22)17-10-16(24(26,27)28)4-5-20(17)25/h3-6,9-13,33H,7-8H2,1-2H3. The van der Waals surface area contributed by atoms with Gasteiger partial charge in [0.15, 0.2) is 5.82 Å². The van der Waals surface area contributed by atoms with Crippen LogP contribution in [0.2, 0.25) is 0 Å². The van der Waals surface area contributed by atoms with E-state index in [2.05, 4.69) is 9.97 Å². The van der Waals surface area contributed by atoms with Gasteiger partial charge in [0.05, 0.1) is 23.9 Å². The zero-order chi connectivity index (χ0) is 27.1. The zero-order valence-corrected chi connectivity index (χ0v) is 20.3. The third kappa shape index (κ3) is 5.18. The fraction of sp³-hybridized carbons (Fsp3) is 0.208. The summed E-state index contributed by atoms with van der Waals surface area (Å²) in [5.74, 6) is -1.30. The zero-order valence-electron chi connectivity index (χ0n) is 19.5. The number of fused-ring (bicyclic) bond motifs is 1. The number of halogens is 4. The number of aliphatic hydroxyl groups is 1. The van der Waals surface area contributed by atoms with Crippen LogP contribution in [-0.2, 0) is 16.2 Å². The van der Waals surface area contributed by atoms with Gasteiger partial charge in [0.2, 0.25) is 10.0 Å². The lowest BCUT2D eigenvalue weighted by Crippen LogP contribution is -2.29. The number of carbonyl (C=O) groups is 1. The van der Waals surface area contributed by atoms with Crippen LogP contribution in [0.3, 0.4) is 0 Å². The van der Waals surface area contributed by atoms with Crippen LogP contribution in [0.25, 0.3) is 33.4 Å². The second-order valence-corrected chi connectivity index (χ2v) is 10.1. The molecule has 4 aromatic rings. The van der Waals surface area contributed by atoms with E-state index in [1.54, 1.807) is 0 Å². The summed E-state index contributed by atoms with van der Waals surface area (Å²) in [6, 6.07) is 6.36. The molecule has 2 aromatic carbocycles. The number of benzene rings is 2. The first-order chi connectivity index (χ1) is 17.3. The van der Waals surface area contributed by atoms with Gasteiger partial charge in [-0.05, 0) is 36.4 Å². The van der Waals surface area contributed by atoms with E-state index in [4.69, 9.17) is 5.11 Å². The van der Waals surface area contributed by atoms with Crippen molar-refractivity contribution in [2.75, 3.05) is 26.5 Å². The Balaban J connectivity index is 1.83. The van der Waals surface area contributed by atoms with Gasteiger partial charge in [0, 0.05) is 59.8 Å². The Morgan fingerprint density at radius 1 is 1.08 bits per heavy atom. The molecular formula is C24H20F4N4O4S. The van der Waals surface area contributed by atoms with Crippen molar-refractivity contribution in [3.63, 3.8) is 0 Å². The summed E-state index contributed by atoms with van der Waals surface area (Å²) in [4.78, 5) is 22.3. The summed E-state index contributed by atoms with van der Waals surface area (Å²) in [7, 11) is -2.27. The van der Waals surface area contributed by atoms with E-state index in [0.717, 1.165) is 22.6 Å². The molecule has 0 saturated carbocycles. The quantitative estimate of drug-likeness (QED) is 0.376. The second kappa shape index (κ2) is 9.56. The molecule has 37 heavy (non-hydrogen) atoms. The fourth-order valence-corrected chi connectivity index (χ4v) is 4.60. The molecule has 0 aliphatic heterocycles. The van der Waals surface area contributed by atoms with Crippen LogP contribution in [0.5, 0.6) is 0 Å². The molecule has 1 N–H and O–H groups in total. The van der Waals surface area contributed by atoms with Crippen molar-refractivity contribution in [1.82, 2.24) is 18.8 Å². The van der Waals surface area contributed by atoms with Gasteiger partial charge >= 0.3 is 6.18 Å². The number of aromatic nitrogens is 3. The molecule has 2 heterocycles. The van der Waals surface area contributed by atoms with Gasteiger partial charge < -0.3 is 10.0 Å². The third-order valence-electron chi connectivity index (χ3n) is 5.65.